The number of para-hydroxylation sites is 1. The normalized spacial score (nSPS) is 15.1. The Hall–Kier alpha value is -4.27. The first-order valence-corrected chi connectivity index (χ1v) is 12.0. The largest absolute Gasteiger partial charge is 0.465 e. The van der Waals surface area contributed by atoms with Crippen LogP contribution in [0.15, 0.2) is 66.9 Å². The molecule has 1 aliphatic rings. The molecular weight excluding hydrogens is 474 g/mol. The minimum atomic E-state index is -0.563. The fourth-order valence-corrected chi connectivity index (χ4v) is 3.85. The van der Waals surface area contributed by atoms with Crippen molar-refractivity contribution in [2.75, 3.05) is 25.1 Å². The number of ether oxygens (including phenoxy) is 4. The number of hydrogen-bond donors (Lipinski definition) is 1. The lowest BCUT2D eigenvalue weighted by molar-refractivity contribution is 0.0508. The number of nitrogens with one attached hydrogen (secondary N) is 1. The number of rotatable bonds is 7. The summed E-state index contributed by atoms with van der Waals surface area (Å²) in [5.41, 5.74) is 0.369. The Bertz CT molecular complexity index is 1220. The number of pyridine rings is 1. The molecule has 1 aliphatic heterocycles. The average Bonchev–Trinajstić information content (AvgIpc) is 3.32. The molecule has 0 saturated carbocycles. The van der Waals surface area contributed by atoms with Gasteiger partial charge in [-0.3, -0.25) is 0 Å². The Labute approximate surface area is 216 Å². The number of esters is 1. The maximum Gasteiger partial charge on any atom is 0.407 e. The maximum absolute atomic E-state index is 12.5. The zero-order valence-corrected chi connectivity index (χ0v) is 21.4. The molecular formula is C28H31N3O6. The lowest BCUT2D eigenvalue weighted by atomic mass is 10.2. The van der Waals surface area contributed by atoms with Crippen LogP contribution in [-0.2, 0) is 9.47 Å². The van der Waals surface area contributed by atoms with Crippen LogP contribution in [-0.4, -0.2) is 48.9 Å². The molecule has 0 bridgehead atoms. The van der Waals surface area contributed by atoms with Gasteiger partial charge in [-0.1, -0.05) is 18.2 Å². The highest BCUT2D eigenvalue weighted by atomic mass is 16.6. The van der Waals surface area contributed by atoms with Crippen LogP contribution in [0.5, 0.6) is 23.1 Å². The van der Waals surface area contributed by atoms with Gasteiger partial charge in [-0.2, -0.15) is 0 Å². The summed E-state index contributed by atoms with van der Waals surface area (Å²) in [4.78, 5) is 31.1. The van der Waals surface area contributed by atoms with E-state index in [1.807, 2.05) is 56.0 Å². The van der Waals surface area contributed by atoms with Gasteiger partial charge < -0.3 is 29.2 Å². The first kappa shape index (κ1) is 25.8. The van der Waals surface area contributed by atoms with Gasteiger partial charge in [0.1, 0.15) is 28.4 Å². The Kier molecular flexibility index (Phi) is 7.81. The summed E-state index contributed by atoms with van der Waals surface area (Å²) in [5, 5.41) is 2.90. The molecule has 9 nitrogen and oxygen atoms in total. The molecule has 4 rings (SSSR count). The van der Waals surface area contributed by atoms with Crippen LogP contribution < -0.4 is 19.7 Å². The Morgan fingerprint density at radius 1 is 0.973 bits per heavy atom. The predicted octanol–water partition coefficient (Wildman–Crippen LogP) is 5.56. The molecule has 37 heavy (non-hydrogen) atoms. The summed E-state index contributed by atoms with van der Waals surface area (Å²) in [6.45, 7) is 6.72. The number of nitrogens with zero attached hydrogens (tertiary/aromatic N) is 2. The second kappa shape index (κ2) is 11.2. The molecule has 1 aromatic heterocycles. The lowest BCUT2D eigenvalue weighted by Crippen LogP contribution is -2.40. The summed E-state index contributed by atoms with van der Waals surface area (Å²) in [7, 11) is 1.31. The summed E-state index contributed by atoms with van der Waals surface area (Å²) < 4.78 is 22.0. The Morgan fingerprint density at radius 2 is 1.62 bits per heavy atom. The third kappa shape index (κ3) is 7.13. The first-order valence-electron chi connectivity index (χ1n) is 12.0. The monoisotopic (exact) mass is 505 g/mol. The Balaban J connectivity index is 1.43. The van der Waals surface area contributed by atoms with E-state index in [1.54, 1.807) is 36.5 Å². The zero-order valence-electron chi connectivity index (χ0n) is 21.4. The summed E-state index contributed by atoms with van der Waals surface area (Å²) >= 11 is 0. The zero-order chi connectivity index (χ0) is 26.4. The van der Waals surface area contributed by atoms with E-state index in [0.29, 0.717) is 24.6 Å². The molecule has 0 radical (unpaired) electrons. The number of carbonyl (C=O) groups excluding carboxylic acids is 2. The topological polar surface area (TPSA) is 99.2 Å². The standard InChI is InChI=1S/C28H31N3O6/c1-28(2,3)37-27(33)30-19-14-15-31(18-19)20-16-24(26(32)34-4)25(29-17-20)36-23-12-10-22(11-13-23)35-21-8-6-5-7-9-21/h5-13,16-17,19H,14-15,18H2,1-4H3,(H,30,33). The number of methoxy groups -OCH3 is 1. The fourth-order valence-electron chi connectivity index (χ4n) is 3.85. The van der Waals surface area contributed by atoms with Crippen LogP contribution >= 0.6 is 0 Å². The number of alkyl carbamates (subject to hydrolysis) is 1. The first-order chi connectivity index (χ1) is 17.7. The highest BCUT2D eigenvalue weighted by Crippen LogP contribution is 2.31. The maximum atomic E-state index is 12.5. The van der Waals surface area contributed by atoms with Crippen LogP contribution in [0.3, 0.4) is 0 Å². The number of benzene rings is 2. The van der Waals surface area contributed by atoms with Gasteiger partial charge in [-0.15, -0.1) is 0 Å². The van der Waals surface area contributed by atoms with Crippen LogP contribution in [0, 0.1) is 0 Å². The number of hydrogen-bond acceptors (Lipinski definition) is 8. The minimum absolute atomic E-state index is 0.0797. The van der Waals surface area contributed by atoms with Gasteiger partial charge in [0.25, 0.3) is 0 Å². The van der Waals surface area contributed by atoms with E-state index >= 15 is 0 Å². The second-order valence-corrected chi connectivity index (χ2v) is 9.60. The molecule has 1 unspecified atom stereocenters. The smallest absolute Gasteiger partial charge is 0.407 e. The van der Waals surface area contributed by atoms with Gasteiger partial charge >= 0.3 is 12.1 Å². The van der Waals surface area contributed by atoms with E-state index in [0.717, 1.165) is 17.9 Å². The third-order valence-electron chi connectivity index (χ3n) is 5.53. The predicted molar refractivity (Wildman–Crippen MR) is 139 cm³/mol. The molecule has 3 aromatic rings. The van der Waals surface area contributed by atoms with Crippen molar-refractivity contribution >= 4 is 17.7 Å². The fraction of sp³-hybridized carbons (Fsp3) is 0.321. The number of anilines is 1. The molecule has 1 amide bonds. The number of aromatic nitrogens is 1. The van der Waals surface area contributed by atoms with Gasteiger partial charge in [0.15, 0.2) is 0 Å². The molecule has 1 saturated heterocycles. The third-order valence-corrected chi connectivity index (χ3v) is 5.53. The number of amides is 1. The summed E-state index contributed by atoms with van der Waals surface area (Å²) in [6.07, 6.45) is 1.93. The van der Waals surface area contributed by atoms with Crippen molar-refractivity contribution in [3.63, 3.8) is 0 Å². The highest BCUT2D eigenvalue weighted by molar-refractivity contribution is 5.93. The summed E-state index contributed by atoms with van der Waals surface area (Å²) in [6, 6.07) is 18.1. The van der Waals surface area contributed by atoms with Crippen LogP contribution in [0.4, 0.5) is 10.5 Å². The number of carbonyl (C=O) groups is 2. The van der Waals surface area contributed by atoms with Crippen molar-refractivity contribution in [3.8, 4) is 23.1 Å². The van der Waals surface area contributed by atoms with Gasteiger partial charge in [0.2, 0.25) is 5.88 Å². The second-order valence-electron chi connectivity index (χ2n) is 9.60. The molecule has 9 heteroatoms. The van der Waals surface area contributed by atoms with Gasteiger partial charge in [-0.05, 0) is 69.7 Å². The molecule has 0 aliphatic carbocycles. The highest BCUT2D eigenvalue weighted by Gasteiger charge is 2.28. The quantitative estimate of drug-likeness (QED) is 0.417. The van der Waals surface area contributed by atoms with Crippen molar-refractivity contribution in [1.29, 1.82) is 0 Å². The van der Waals surface area contributed by atoms with Gasteiger partial charge in [-0.25, -0.2) is 14.6 Å². The molecule has 1 fully saturated rings. The minimum Gasteiger partial charge on any atom is -0.465 e. The molecule has 0 spiro atoms. The van der Waals surface area contributed by atoms with Crippen LogP contribution in [0.1, 0.15) is 37.6 Å². The SMILES string of the molecule is COC(=O)c1cc(N2CCC(NC(=O)OC(C)(C)C)C2)cnc1Oc1ccc(Oc2ccccc2)cc1. The molecule has 1 atom stereocenters. The molecule has 2 aromatic carbocycles. The lowest BCUT2D eigenvalue weighted by Gasteiger charge is -2.22. The molecule has 2 heterocycles. The van der Waals surface area contributed by atoms with E-state index in [2.05, 4.69) is 10.3 Å². The van der Waals surface area contributed by atoms with Crippen LogP contribution in [0.2, 0.25) is 0 Å². The van der Waals surface area contributed by atoms with E-state index in [9.17, 15) is 9.59 Å². The van der Waals surface area contributed by atoms with E-state index in [4.69, 9.17) is 18.9 Å². The van der Waals surface area contributed by atoms with Crippen LogP contribution in [0.25, 0.3) is 0 Å². The molecule has 194 valence electrons. The van der Waals surface area contributed by atoms with Crippen molar-refractivity contribution < 1.29 is 28.5 Å². The van der Waals surface area contributed by atoms with E-state index < -0.39 is 17.7 Å². The Morgan fingerprint density at radius 3 is 2.27 bits per heavy atom. The van der Waals surface area contributed by atoms with Crippen molar-refractivity contribution in [2.24, 2.45) is 0 Å². The summed E-state index contributed by atoms with van der Waals surface area (Å²) in [5.74, 6) is 1.45. The van der Waals surface area contributed by atoms with Gasteiger partial charge in [0.05, 0.1) is 25.0 Å². The van der Waals surface area contributed by atoms with Gasteiger partial charge in [0, 0.05) is 13.1 Å². The van der Waals surface area contributed by atoms with Crippen molar-refractivity contribution in [2.45, 2.75) is 38.8 Å². The molecule has 1 N–H and O–H groups in total. The average molecular weight is 506 g/mol. The van der Waals surface area contributed by atoms with Crippen molar-refractivity contribution in [3.05, 3.63) is 72.4 Å². The van der Waals surface area contributed by atoms with E-state index in [1.165, 1.54) is 7.11 Å². The van der Waals surface area contributed by atoms with E-state index in [-0.39, 0.29) is 17.5 Å². The van der Waals surface area contributed by atoms with Crippen molar-refractivity contribution in [1.82, 2.24) is 10.3 Å².